The summed E-state index contributed by atoms with van der Waals surface area (Å²) < 4.78 is 5.84. The van der Waals surface area contributed by atoms with Gasteiger partial charge in [0.25, 0.3) is 9.76 Å². The molecule has 0 spiro atoms. The normalized spacial score (nSPS) is 11.2. The van der Waals surface area contributed by atoms with Crippen molar-refractivity contribution in [1.82, 2.24) is 0 Å². The second-order valence-corrected chi connectivity index (χ2v) is 6.40. The minimum absolute atomic E-state index is 0.316. The van der Waals surface area contributed by atoms with Crippen LogP contribution in [0.1, 0.15) is 64.5 Å². The van der Waals surface area contributed by atoms with Crippen LogP contribution in [0, 0.1) is 0 Å². The Morgan fingerprint density at radius 2 is 1.74 bits per heavy atom. The van der Waals surface area contributed by atoms with Crippen molar-refractivity contribution in [3.05, 3.63) is 29.3 Å². The van der Waals surface area contributed by atoms with Gasteiger partial charge in [-0.3, -0.25) is 0 Å². The number of hydrogen-bond donors (Lipinski definition) is 0. The van der Waals surface area contributed by atoms with Crippen LogP contribution in [0.15, 0.2) is 18.2 Å². The summed E-state index contributed by atoms with van der Waals surface area (Å²) in [5.74, 6) is 0. The van der Waals surface area contributed by atoms with Gasteiger partial charge in [-0.25, -0.2) is 0 Å². The lowest BCUT2D eigenvalue weighted by Gasteiger charge is -2.15. The highest BCUT2D eigenvalue weighted by Gasteiger charge is 2.10. The van der Waals surface area contributed by atoms with Crippen LogP contribution in [-0.4, -0.2) is 15.9 Å². The number of aryl methyl sites for hydroxylation is 1. The third-order valence-electron chi connectivity index (χ3n) is 3.26. The zero-order chi connectivity index (χ0) is 14.1. The molecule has 0 aromatic heterocycles. The van der Waals surface area contributed by atoms with Crippen LogP contribution in [0.2, 0.25) is 0 Å². The van der Waals surface area contributed by atoms with Crippen LogP contribution >= 0.6 is 0 Å². The van der Waals surface area contributed by atoms with E-state index in [1.165, 1.54) is 43.7 Å². The van der Waals surface area contributed by atoms with Crippen LogP contribution in [-0.2, 0) is 17.3 Å². The van der Waals surface area contributed by atoms with Crippen molar-refractivity contribution in [1.29, 1.82) is 0 Å². The summed E-state index contributed by atoms with van der Waals surface area (Å²) in [5, 5.41) is 1.43. The SMILES string of the molecule is CCCCc1cccc([Si]OC(C)C)c1CCCC. The van der Waals surface area contributed by atoms with Gasteiger partial charge >= 0.3 is 0 Å². The van der Waals surface area contributed by atoms with Crippen molar-refractivity contribution in [3.8, 4) is 0 Å². The van der Waals surface area contributed by atoms with E-state index in [1.54, 1.807) is 11.1 Å². The zero-order valence-corrected chi connectivity index (χ0v) is 14.0. The summed E-state index contributed by atoms with van der Waals surface area (Å²) in [7, 11) is 0.496. The Kier molecular flexibility index (Phi) is 8.07. The fraction of sp³-hybridized carbons (Fsp3) is 0.647. The Balaban J connectivity index is 2.86. The van der Waals surface area contributed by atoms with Crippen LogP contribution in [0.25, 0.3) is 0 Å². The van der Waals surface area contributed by atoms with Gasteiger partial charge in [0.05, 0.1) is 0 Å². The number of hydrogen-bond acceptors (Lipinski definition) is 1. The molecular weight excluding hydrogens is 248 g/mol. The zero-order valence-electron chi connectivity index (χ0n) is 13.0. The second kappa shape index (κ2) is 9.32. The average Bonchev–Trinajstić information content (AvgIpc) is 2.41. The minimum Gasteiger partial charge on any atom is -0.409 e. The molecule has 0 bridgehead atoms. The molecule has 0 saturated carbocycles. The largest absolute Gasteiger partial charge is 0.409 e. The minimum atomic E-state index is 0.316. The first-order valence-electron chi connectivity index (χ1n) is 7.71. The van der Waals surface area contributed by atoms with Crippen molar-refractivity contribution < 1.29 is 4.43 Å². The van der Waals surface area contributed by atoms with E-state index in [1.807, 2.05) is 0 Å². The highest BCUT2D eigenvalue weighted by molar-refractivity contribution is 6.47. The fourth-order valence-corrected chi connectivity index (χ4v) is 3.10. The molecule has 1 aromatic carbocycles. The maximum absolute atomic E-state index is 5.84. The van der Waals surface area contributed by atoms with Crippen molar-refractivity contribution in [2.45, 2.75) is 72.3 Å². The van der Waals surface area contributed by atoms with E-state index in [0.29, 0.717) is 15.9 Å². The Hall–Kier alpha value is -0.603. The van der Waals surface area contributed by atoms with Crippen LogP contribution in [0.5, 0.6) is 0 Å². The molecule has 1 rings (SSSR count). The summed E-state index contributed by atoms with van der Waals surface area (Å²) in [6.07, 6.45) is 7.84. The molecule has 0 amide bonds. The van der Waals surface area contributed by atoms with E-state index in [-0.39, 0.29) is 0 Å². The molecule has 106 valence electrons. The van der Waals surface area contributed by atoms with Gasteiger partial charge in [0.2, 0.25) is 0 Å². The summed E-state index contributed by atoms with van der Waals surface area (Å²) in [4.78, 5) is 0. The van der Waals surface area contributed by atoms with Gasteiger partial charge < -0.3 is 4.43 Å². The van der Waals surface area contributed by atoms with Crippen LogP contribution < -0.4 is 5.19 Å². The third-order valence-corrected chi connectivity index (χ3v) is 4.54. The maximum Gasteiger partial charge on any atom is 0.269 e. The first-order valence-corrected chi connectivity index (χ1v) is 8.62. The number of rotatable bonds is 9. The first kappa shape index (κ1) is 16.5. The summed E-state index contributed by atoms with van der Waals surface area (Å²) in [5.41, 5.74) is 3.12. The standard InChI is InChI=1S/C17H28OSi/c1-5-7-10-15-11-9-13-17(19-18-14(3)4)16(15)12-8-6-2/h9,11,13-14H,5-8,10,12H2,1-4H3. The Labute approximate surface area is 121 Å². The predicted molar refractivity (Wildman–Crippen MR) is 85.3 cm³/mol. The number of benzene rings is 1. The van der Waals surface area contributed by atoms with Crippen molar-refractivity contribution in [3.63, 3.8) is 0 Å². The third kappa shape index (κ3) is 5.92. The summed E-state index contributed by atoms with van der Waals surface area (Å²) in [6, 6.07) is 6.76. The molecule has 0 aliphatic carbocycles. The van der Waals surface area contributed by atoms with Gasteiger partial charge in [0.15, 0.2) is 0 Å². The van der Waals surface area contributed by atoms with E-state index in [2.05, 4.69) is 45.9 Å². The van der Waals surface area contributed by atoms with Crippen LogP contribution in [0.3, 0.4) is 0 Å². The number of unbranched alkanes of at least 4 members (excludes halogenated alkanes) is 2. The molecule has 0 saturated heterocycles. The predicted octanol–water partition coefficient (Wildman–Crippen LogP) is 4.04. The molecule has 2 heteroatoms. The Morgan fingerprint density at radius 1 is 1.05 bits per heavy atom. The van der Waals surface area contributed by atoms with E-state index in [0.717, 1.165) is 0 Å². The van der Waals surface area contributed by atoms with Gasteiger partial charge in [0, 0.05) is 6.10 Å². The molecule has 0 N–H and O–H groups in total. The smallest absolute Gasteiger partial charge is 0.269 e. The van der Waals surface area contributed by atoms with Crippen molar-refractivity contribution in [2.24, 2.45) is 0 Å². The quantitative estimate of drug-likeness (QED) is 0.619. The van der Waals surface area contributed by atoms with E-state index < -0.39 is 0 Å². The van der Waals surface area contributed by atoms with Gasteiger partial charge in [-0.05, 0) is 55.8 Å². The van der Waals surface area contributed by atoms with Crippen molar-refractivity contribution >= 4 is 14.9 Å². The molecule has 0 unspecified atom stereocenters. The van der Waals surface area contributed by atoms with Crippen LogP contribution in [0.4, 0.5) is 0 Å². The second-order valence-electron chi connectivity index (χ2n) is 5.42. The molecule has 19 heavy (non-hydrogen) atoms. The van der Waals surface area contributed by atoms with Gasteiger partial charge in [0.1, 0.15) is 0 Å². The van der Waals surface area contributed by atoms with E-state index in [4.69, 9.17) is 4.43 Å². The molecule has 0 aliphatic heterocycles. The molecule has 0 aliphatic rings. The molecule has 1 nitrogen and oxygen atoms in total. The highest BCUT2D eigenvalue weighted by atomic mass is 28.2. The molecule has 2 radical (unpaired) electrons. The van der Waals surface area contributed by atoms with Gasteiger partial charge in [-0.2, -0.15) is 0 Å². The fourth-order valence-electron chi connectivity index (χ4n) is 2.16. The van der Waals surface area contributed by atoms with Crippen molar-refractivity contribution in [2.75, 3.05) is 0 Å². The van der Waals surface area contributed by atoms with E-state index in [9.17, 15) is 0 Å². The molecule has 0 fully saturated rings. The van der Waals surface area contributed by atoms with E-state index >= 15 is 0 Å². The lowest BCUT2D eigenvalue weighted by molar-refractivity contribution is 0.260. The lowest BCUT2D eigenvalue weighted by Crippen LogP contribution is -2.26. The maximum atomic E-state index is 5.84. The summed E-state index contributed by atoms with van der Waals surface area (Å²) >= 11 is 0. The highest BCUT2D eigenvalue weighted by Crippen LogP contribution is 2.13. The first-order chi connectivity index (χ1) is 9.19. The molecule has 0 atom stereocenters. The topological polar surface area (TPSA) is 9.23 Å². The Morgan fingerprint density at radius 3 is 2.37 bits per heavy atom. The monoisotopic (exact) mass is 276 g/mol. The Bertz CT molecular complexity index is 360. The lowest BCUT2D eigenvalue weighted by atomic mass is 9.98. The average molecular weight is 276 g/mol. The van der Waals surface area contributed by atoms with Gasteiger partial charge in [-0.15, -0.1) is 0 Å². The molecule has 1 aromatic rings. The molecular formula is C17H28OSi. The molecule has 0 heterocycles. The van der Waals surface area contributed by atoms with Gasteiger partial charge in [-0.1, -0.05) is 44.9 Å². The summed E-state index contributed by atoms with van der Waals surface area (Å²) in [6.45, 7) is 8.75.